The van der Waals surface area contributed by atoms with Crippen LogP contribution >= 0.6 is 0 Å². The van der Waals surface area contributed by atoms with Crippen LogP contribution in [0.2, 0.25) is 0 Å². The van der Waals surface area contributed by atoms with E-state index in [1.54, 1.807) is 6.07 Å². The maximum Gasteiger partial charge on any atom is 0.228 e. The molecule has 0 saturated heterocycles. The van der Waals surface area contributed by atoms with Crippen molar-refractivity contribution < 1.29 is 14.9 Å². The Hall–Kier alpha value is -1.58. The molecule has 0 aliphatic carbocycles. The van der Waals surface area contributed by atoms with E-state index in [4.69, 9.17) is 4.74 Å². The van der Waals surface area contributed by atoms with E-state index in [1.165, 1.54) is 0 Å². The second-order valence-electron chi connectivity index (χ2n) is 3.65. The summed E-state index contributed by atoms with van der Waals surface area (Å²) >= 11 is 0. The Labute approximate surface area is 86.5 Å². The quantitative estimate of drug-likeness (QED) is 0.682. The fourth-order valence-corrected chi connectivity index (χ4v) is 2.02. The van der Waals surface area contributed by atoms with Gasteiger partial charge in [0.2, 0.25) is 6.29 Å². The molecule has 0 saturated carbocycles. The van der Waals surface area contributed by atoms with Crippen LogP contribution in [0.5, 0.6) is 5.75 Å². The van der Waals surface area contributed by atoms with Crippen molar-refractivity contribution in [2.45, 2.75) is 12.4 Å². The lowest BCUT2D eigenvalue weighted by molar-refractivity contribution is -0.0824. The first-order valence-electron chi connectivity index (χ1n) is 4.82. The van der Waals surface area contributed by atoms with Gasteiger partial charge in [0.15, 0.2) is 0 Å². The smallest absolute Gasteiger partial charge is 0.228 e. The molecule has 0 fully saturated rings. The maximum atomic E-state index is 9.77. The molecule has 2 aromatic rings. The van der Waals surface area contributed by atoms with Gasteiger partial charge in [-0.2, -0.15) is 0 Å². The van der Waals surface area contributed by atoms with Gasteiger partial charge >= 0.3 is 0 Å². The number of benzene rings is 2. The molecule has 76 valence electrons. The van der Waals surface area contributed by atoms with Gasteiger partial charge in [-0.05, 0) is 16.8 Å². The molecule has 15 heavy (non-hydrogen) atoms. The summed E-state index contributed by atoms with van der Waals surface area (Å²) in [4.78, 5) is 0. The number of rotatable bonds is 0. The second kappa shape index (κ2) is 2.95. The Bertz CT molecular complexity index is 521. The Balaban J connectivity index is 2.35. The molecular formula is C12H10O3. The van der Waals surface area contributed by atoms with Gasteiger partial charge in [-0.15, -0.1) is 0 Å². The summed E-state index contributed by atoms with van der Waals surface area (Å²) in [5.41, 5.74) is 0.681. The van der Waals surface area contributed by atoms with Crippen LogP contribution in [0.15, 0.2) is 36.4 Å². The third kappa shape index (κ3) is 1.14. The highest BCUT2D eigenvalue weighted by atomic mass is 16.6. The highest BCUT2D eigenvalue weighted by Gasteiger charge is 2.32. The first-order valence-corrected chi connectivity index (χ1v) is 4.82. The molecule has 1 aliphatic heterocycles. The van der Waals surface area contributed by atoms with Gasteiger partial charge < -0.3 is 14.9 Å². The van der Waals surface area contributed by atoms with E-state index in [0.29, 0.717) is 11.3 Å². The predicted molar refractivity (Wildman–Crippen MR) is 55.5 cm³/mol. The minimum absolute atomic E-state index is 0.564. The van der Waals surface area contributed by atoms with Crippen LogP contribution in [0, 0.1) is 0 Å². The highest BCUT2D eigenvalue weighted by Crippen LogP contribution is 2.40. The van der Waals surface area contributed by atoms with Crippen LogP contribution in [0.1, 0.15) is 11.7 Å². The molecule has 0 bridgehead atoms. The van der Waals surface area contributed by atoms with Gasteiger partial charge in [0.25, 0.3) is 0 Å². The van der Waals surface area contributed by atoms with Crippen molar-refractivity contribution >= 4 is 10.8 Å². The van der Waals surface area contributed by atoms with Gasteiger partial charge in [0.05, 0.1) is 0 Å². The normalized spacial score (nSPS) is 23.9. The Morgan fingerprint density at radius 3 is 2.67 bits per heavy atom. The van der Waals surface area contributed by atoms with Crippen molar-refractivity contribution in [3.8, 4) is 5.75 Å². The van der Waals surface area contributed by atoms with E-state index in [-0.39, 0.29) is 0 Å². The lowest BCUT2D eigenvalue weighted by Crippen LogP contribution is -2.16. The molecule has 2 atom stereocenters. The first-order chi connectivity index (χ1) is 7.27. The van der Waals surface area contributed by atoms with Crippen molar-refractivity contribution in [2.24, 2.45) is 0 Å². The molecule has 0 aromatic heterocycles. The molecule has 3 nitrogen and oxygen atoms in total. The van der Waals surface area contributed by atoms with Gasteiger partial charge in [-0.25, -0.2) is 0 Å². The predicted octanol–water partition coefficient (Wildman–Crippen LogP) is 1.58. The SMILES string of the molecule is O[C@@H]1Oc2ccc3ccccc3c2[C@@H]1O. The van der Waals surface area contributed by atoms with E-state index in [1.807, 2.05) is 30.3 Å². The van der Waals surface area contributed by atoms with E-state index < -0.39 is 12.4 Å². The Morgan fingerprint density at radius 2 is 1.80 bits per heavy atom. The van der Waals surface area contributed by atoms with E-state index in [2.05, 4.69) is 0 Å². The van der Waals surface area contributed by atoms with Crippen LogP contribution in [0.25, 0.3) is 10.8 Å². The minimum atomic E-state index is -1.15. The third-order valence-electron chi connectivity index (χ3n) is 2.74. The Kier molecular flexibility index (Phi) is 1.71. The van der Waals surface area contributed by atoms with Gasteiger partial charge in [-0.1, -0.05) is 30.3 Å². The summed E-state index contributed by atoms with van der Waals surface area (Å²) in [5.74, 6) is 0.564. The topological polar surface area (TPSA) is 49.7 Å². The molecular weight excluding hydrogens is 192 g/mol. The molecule has 2 aromatic carbocycles. The van der Waals surface area contributed by atoms with Crippen molar-refractivity contribution in [1.82, 2.24) is 0 Å². The van der Waals surface area contributed by atoms with Crippen LogP contribution in [0.3, 0.4) is 0 Å². The molecule has 0 amide bonds. The van der Waals surface area contributed by atoms with Crippen LogP contribution in [-0.4, -0.2) is 16.5 Å². The van der Waals surface area contributed by atoms with Crippen molar-refractivity contribution in [2.75, 3.05) is 0 Å². The molecule has 2 N–H and O–H groups in total. The largest absolute Gasteiger partial charge is 0.462 e. The van der Waals surface area contributed by atoms with Crippen molar-refractivity contribution in [3.63, 3.8) is 0 Å². The fourth-order valence-electron chi connectivity index (χ4n) is 2.02. The lowest BCUT2D eigenvalue weighted by Gasteiger charge is -2.06. The summed E-state index contributed by atoms with van der Waals surface area (Å²) in [6.45, 7) is 0. The zero-order valence-corrected chi connectivity index (χ0v) is 7.92. The fraction of sp³-hybridized carbons (Fsp3) is 0.167. The molecule has 1 heterocycles. The monoisotopic (exact) mass is 202 g/mol. The number of hydrogen-bond donors (Lipinski definition) is 2. The number of ether oxygens (including phenoxy) is 1. The number of aliphatic hydroxyl groups is 2. The molecule has 0 radical (unpaired) electrons. The maximum absolute atomic E-state index is 9.77. The summed E-state index contributed by atoms with van der Waals surface area (Å²) in [7, 11) is 0. The van der Waals surface area contributed by atoms with Crippen LogP contribution in [0.4, 0.5) is 0 Å². The number of fused-ring (bicyclic) bond motifs is 3. The molecule has 3 rings (SSSR count). The molecule has 0 spiro atoms. The third-order valence-corrected chi connectivity index (χ3v) is 2.74. The number of hydrogen-bond acceptors (Lipinski definition) is 3. The zero-order chi connectivity index (χ0) is 10.4. The lowest BCUT2D eigenvalue weighted by atomic mass is 10.0. The highest BCUT2D eigenvalue weighted by molar-refractivity contribution is 5.88. The number of aliphatic hydroxyl groups excluding tert-OH is 2. The van der Waals surface area contributed by atoms with E-state index in [0.717, 1.165) is 10.8 Å². The second-order valence-corrected chi connectivity index (χ2v) is 3.65. The van der Waals surface area contributed by atoms with Gasteiger partial charge in [0, 0.05) is 5.56 Å². The van der Waals surface area contributed by atoms with Crippen molar-refractivity contribution in [1.29, 1.82) is 0 Å². The van der Waals surface area contributed by atoms with Gasteiger partial charge in [-0.3, -0.25) is 0 Å². The van der Waals surface area contributed by atoms with Crippen molar-refractivity contribution in [3.05, 3.63) is 42.0 Å². The summed E-state index contributed by atoms with van der Waals surface area (Å²) in [6, 6.07) is 11.4. The van der Waals surface area contributed by atoms with Gasteiger partial charge in [0.1, 0.15) is 11.9 Å². The standard InChI is InChI=1S/C12H10O3/c13-11-10-8-4-2-1-3-7(8)5-6-9(10)15-12(11)14/h1-6,11-14H/t11-,12+/m0/s1. The summed E-state index contributed by atoms with van der Waals surface area (Å²) in [5, 5.41) is 21.1. The zero-order valence-electron chi connectivity index (χ0n) is 7.92. The first kappa shape index (κ1) is 8.71. The molecule has 0 unspecified atom stereocenters. The molecule has 3 heteroatoms. The average molecular weight is 202 g/mol. The van der Waals surface area contributed by atoms with Crippen LogP contribution < -0.4 is 4.74 Å². The van der Waals surface area contributed by atoms with E-state index in [9.17, 15) is 10.2 Å². The van der Waals surface area contributed by atoms with E-state index >= 15 is 0 Å². The summed E-state index contributed by atoms with van der Waals surface area (Å²) < 4.78 is 5.13. The Morgan fingerprint density at radius 1 is 1.00 bits per heavy atom. The molecule has 1 aliphatic rings. The van der Waals surface area contributed by atoms with Crippen LogP contribution in [-0.2, 0) is 0 Å². The minimum Gasteiger partial charge on any atom is -0.462 e. The average Bonchev–Trinajstić information content (AvgIpc) is 2.55. The summed E-state index contributed by atoms with van der Waals surface area (Å²) in [6.07, 6.45) is -2.10.